The van der Waals surface area contributed by atoms with Gasteiger partial charge in [-0.2, -0.15) is 0 Å². The molecule has 1 atom stereocenters. The molecule has 0 bridgehead atoms. The Labute approximate surface area is 116 Å². The Bertz CT molecular complexity index is 569. The van der Waals surface area contributed by atoms with Crippen LogP contribution in [0.3, 0.4) is 0 Å². The minimum Gasteiger partial charge on any atom is -0.373 e. The van der Waals surface area contributed by atoms with Gasteiger partial charge < -0.3 is 15.5 Å². The van der Waals surface area contributed by atoms with Crippen LogP contribution >= 0.6 is 0 Å². The Kier molecular flexibility index (Phi) is 4.24. The molecule has 0 spiro atoms. The van der Waals surface area contributed by atoms with Crippen LogP contribution in [-0.4, -0.2) is 30.4 Å². The third kappa shape index (κ3) is 3.09. The lowest BCUT2D eigenvalue weighted by Gasteiger charge is -2.23. The van der Waals surface area contributed by atoms with E-state index in [1.54, 1.807) is 18.2 Å². The average Bonchev–Trinajstić information content (AvgIpc) is 2.43. The fourth-order valence-corrected chi connectivity index (χ4v) is 2.11. The van der Waals surface area contributed by atoms with Crippen molar-refractivity contribution in [2.24, 2.45) is 0 Å². The van der Waals surface area contributed by atoms with Crippen LogP contribution in [0.4, 0.5) is 5.69 Å². The predicted molar refractivity (Wildman–Crippen MR) is 73.9 cm³/mol. The Morgan fingerprint density at radius 3 is 2.85 bits per heavy atom. The van der Waals surface area contributed by atoms with E-state index in [0.717, 1.165) is 11.8 Å². The van der Waals surface area contributed by atoms with Gasteiger partial charge in [0.2, 0.25) is 11.8 Å². The summed E-state index contributed by atoms with van der Waals surface area (Å²) in [6, 6.07) is 4.76. The van der Waals surface area contributed by atoms with Crippen molar-refractivity contribution in [2.45, 2.75) is 25.3 Å². The summed E-state index contributed by atoms with van der Waals surface area (Å²) in [5, 5.41) is 12.7. The van der Waals surface area contributed by atoms with E-state index in [9.17, 15) is 14.4 Å². The van der Waals surface area contributed by atoms with Crippen LogP contribution in [0.2, 0.25) is 0 Å². The molecule has 0 aliphatic carbocycles. The smallest absolute Gasteiger partial charge is 0.249 e. The van der Waals surface area contributed by atoms with Crippen molar-refractivity contribution in [3.05, 3.63) is 29.3 Å². The number of amides is 2. The predicted octanol–water partition coefficient (Wildman–Crippen LogP) is 0.643. The second kappa shape index (κ2) is 6.10. The zero-order chi connectivity index (χ0) is 14.5. The number of imide groups is 1. The van der Waals surface area contributed by atoms with Crippen LogP contribution < -0.4 is 10.6 Å². The topological polar surface area (TPSA) is 99.1 Å². The summed E-state index contributed by atoms with van der Waals surface area (Å²) in [5.41, 5.74) is 2.06. The fraction of sp³-hybridized carbons (Fsp3) is 0.286. The van der Waals surface area contributed by atoms with Crippen molar-refractivity contribution in [1.82, 2.24) is 5.32 Å². The molecule has 1 aromatic carbocycles. The molecule has 1 aromatic rings. The standard InChI is InChI=1S/C14H15N3O3/c15-8-10-7-9(5-6-18)1-2-11(10)16-12-3-4-13(19)17-14(12)20/h1-2,6-8,12,15-16H,3-5H2,(H,17,19,20). The lowest BCUT2D eigenvalue weighted by molar-refractivity contribution is -0.133. The lowest BCUT2D eigenvalue weighted by atomic mass is 10.0. The van der Waals surface area contributed by atoms with Crippen molar-refractivity contribution in [3.63, 3.8) is 0 Å². The molecule has 1 unspecified atom stereocenters. The first-order valence-electron chi connectivity index (χ1n) is 6.31. The maximum Gasteiger partial charge on any atom is 0.249 e. The van der Waals surface area contributed by atoms with Crippen LogP contribution in [0.25, 0.3) is 0 Å². The maximum absolute atomic E-state index is 11.7. The summed E-state index contributed by atoms with van der Waals surface area (Å²) < 4.78 is 0. The van der Waals surface area contributed by atoms with Gasteiger partial charge in [0.05, 0.1) is 0 Å². The van der Waals surface area contributed by atoms with E-state index in [1.807, 2.05) is 0 Å². The molecule has 2 rings (SSSR count). The second-order valence-electron chi connectivity index (χ2n) is 4.58. The van der Waals surface area contributed by atoms with Crippen LogP contribution in [0.5, 0.6) is 0 Å². The molecule has 6 heteroatoms. The molecule has 1 saturated heterocycles. The molecule has 1 heterocycles. The second-order valence-corrected chi connectivity index (χ2v) is 4.58. The molecule has 3 N–H and O–H groups in total. The van der Waals surface area contributed by atoms with Crippen molar-refractivity contribution in [1.29, 1.82) is 5.41 Å². The number of hydrogen-bond acceptors (Lipinski definition) is 5. The minimum atomic E-state index is -0.483. The molecule has 20 heavy (non-hydrogen) atoms. The number of piperidine rings is 1. The first-order chi connectivity index (χ1) is 9.63. The van der Waals surface area contributed by atoms with Gasteiger partial charge in [-0.05, 0) is 24.1 Å². The number of aldehydes is 1. The van der Waals surface area contributed by atoms with Crippen molar-refractivity contribution in [2.75, 3.05) is 5.32 Å². The number of anilines is 1. The Hall–Kier alpha value is -2.50. The third-order valence-electron chi connectivity index (χ3n) is 3.16. The van der Waals surface area contributed by atoms with Crippen molar-refractivity contribution >= 4 is 30.0 Å². The van der Waals surface area contributed by atoms with Gasteiger partial charge in [0.25, 0.3) is 0 Å². The first kappa shape index (κ1) is 13.9. The number of nitrogens with one attached hydrogen (secondary N) is 3. The van der Waals surface area contributed by atoms with Crippen LogP contribution in [0, 0.1) is 5.41 Å². The molecule has 0 radical (unpaired) electrons. The summed E-state index contributed by atoms with van der Waals surface area (Å²) >= 11 is 0. The van der Waals surface area contributed by atoms with E-state index in [0.29, 0.717) is 30.5 Å². The summed E-state index contributed by atoms with van der Waals surface area (Å²) in [7, 11) is 0. The van der Waals surface area contributed by atoms with E-state index >= 15 is 0 Å². The zero-order valence-electron chi connectivity index (χ0n) is 10.8. The Morgan fingerprint density at radius 1 is 1.40 bits per heavy atom. The number of carbonyl (C=O) groups excluding carboxylic acids is 3. The van der Waals surface area contributed by atoms with E-state index in [2.05, 4.69) is 10.6 Å². The third-order valence-corrected chi connectivity index (χ3v) is 3.16. The molecule has 104 valence electrons. The van der Waals surface area contributed by atoms with E-state index < -0.39 is 6.04 Å². The normalized spacial score (nSPS) is 18.3. The molecule has 1 fully saturated rings. The molecule has 6 nitrogen and oxygen atoms in total. The highest BCUT2D eigenvalue weighted by Crippen LogP contribution is 2.19. The van der Waals surface area contributed by atoms with E-state index in [-0.39, 0.29) is 11.8 Å². The average molecular weight is 273 g/mol. The molecular formula is C14H15N3O3. The monoisotopic (exact) mass is 273 g/mol. The molecule has 0 saturated carbocycles. The van der Waals surface area contributed by atoms with Crippen LogP contribution in [-0.2, 0) is 20.8 Å². The van der Waals surface area contributed by atoms with E-state index in [4.69, 9.17) is 5.41 Å². The number of hydrogen-bond donors (Lipinski definition) is 3. The van der Waals surface area contributed by atoms with Crippen LogP contribution in [0.15, 0.2) is 18.2 Å². The quantitative estimate of drug-likeness (QED) is 0.416. The summed E-state index contributed by atoms with van der Waals surface area (Å²) in [5.74, 6) is -0.615. The van der Waals surface area contributed by atoms with Gasteiger partial charge in [-0.15, -0.1) is 0 Å². The summed E-state index contributed by atoms with van der Waals surface area (Å²) in [6.45, 7) is 0. The highest BCUT2D eigenvalue weighted by molar-refractivity contribution is 6.02. The lowest BCUT2D eigenvalue weighted by Crippen LogP contribution is -2.47. The minimum absolute atomic E-state index is 0.262. The van der Waals surface area contributed by atoms with Crippen LogP contribution in [0.1, 0.15) is 24.0 Å². The fourth-order valence-electron chi connectivity index (χ4n) is 2.11. The largest absolute Gasteiger partial charge is 0.373 e. The summed E-state index contributed by atoms with van der Waals surface area (Å²) in [4.78, 5) is 33.3. The molecule has 1 aliphatic rings. The number of benzene rings is 1. The van der Waals surface area contributed by atoms with Gasteiger partial charge >= 0.3 is 0 Å². The first-order valence-corrected chi connectivity index (χ1v) is 6.31. The van der Waals surface area contributed by atoms with Gasteiger partial charge in [-0.1, -0.05) is 6.07 Å². The number of rotatable bonds is 5. The zero-order valence-corrected chi connectivity index (χ0v) is 10.8. The Morgan fingerprint density at radius 2 is 2.20 bits per heavy atom. The molecule has 1 aliphatic heterocycles. The molecule has 2 amide bonds. The van der Waals surface area contributed by atoms with E-state index in [1.165, 1.54) is 6.21 Å². The SMILES string of the molecule is N=Cc1cc(CC=O)ccc1NC1CCC(=O)NC1=O. The highest BCUT2D eigenvalue weighted by Gasteiger charge is 2.26. The maximum atomic E-state index is 11.7. The summed E-state index contributed by atoms with van der Waals surface area (Å²) in [6.07, 6.45) is 2.99. The highest BCUT2D eigenvalue weighted by atomic mass is 16.2. The van der Waals surface area contributed by atoms with Gasteiger partial charge in [-0.3, -0.25) is 14.9 Å². The van der Waals surface area contributed by atoms with Crippen molar-refractivity contribution in [3.8, 4) is 0 Å². The molecule has 0 aromatic heterocycles. The molecular weight excluding hydrogens is 258 g/mol. The number of carbonyl (C=O) groups is 3. The van der Waals surface area contributed by atoms with Gasteiger partial charge in [0, 0.05) is 30.3 Å². The van der Waals surface area contributed by atoms with Crippen molar-refractivity contribution < 1.29 is 14.4 Å². The van der Waals surface area contributed by atoms with Gasteiger partial charge in [-0.25, -0.2) is 0 Å². The van der Waals surface area contributed by atoms with Gasteiger partial charge in [0.15, 0.2) is 0 Å². The van der Waals surface area contributed by atoms with Gasteiger partial charge in [0.1, 0.15) is 12.3 Å². The Balaban J connectivity index is 2.16.